The number of hydrogen-bond acceptors (Lipinski definition) is 5. The van der Waals surface area contributed by atoms with Crippen molar-refractivity contribution in [1.82, 2.24) is 15.3 Å². The van der Waals surface area contributed by atoms with E-state index in [0.717, 1.165) is 50.1 Å². The van der Waals surface area contributed by atoms with Gasteiger partial charge in [-0.25, -0.2) is 23.1 Å². The number of rotatable bonds is 10. The molecule has 5 rings (SSSR count). The van der Waals surface area contributed by atoms with Gasteiger partial charge in [0.1, 0.15) is 11.6 Å². The Morgan fingerprint density at radius 3 is 2.59 bits per heavy atom. The van der Waals surface area contributed by atoms with Crippen LogP contribution in [0.1, 0.15) is 37.7 Å². The molecule has 1 aromatic carbocycles. The molecule has 0 bridgehead atoms. The number of benzene rings is 1. The van der Waals surface area contributed by atoms with Gasteiger partial charge in [0, 0.05) is 25.6 Å². The minimum Gasteiger partial charge on any atom is -0.493 e. The molecule has 0 radical (unpaired) electrons. The van der Waals surface area contributed by atoms with Crippen LogP contribution in [0, 0.1) is 23.6 Å². The van der Waals surface area contributed by atoms with Crippen molar-refractivity contribution in [2.75, 3.05) is 31.1 Å². The molecule has 0 amide bonds. The fraction of sp³-hybridized carbons (Fsp3) is 0.600. The first-order valence-corrected chi connectivity index (χ1v) is 12.5. The predicted molar refractivity (Wildman–Crippen MR) is 125 cm³/mol. The number of ether oxygens (including phenoxy) is 1. The summed E-state index contributed by atoms with van der Waals surface area (Å²) in [6.45, 7) is 2.86. The highest BCUT2D eigenvalue weighted by molar-refractivity contribution is 6.30. The van der Waals surface area contributed by atoms with Crippen molar-refractivity contribution in [2.45, 2.75) is 50.5 Å². The number of piperidine rings is 1. The van der Waals surface area contributed by atoms with Crippen molar-refractivity contribution in [3.8, 4) is 5.75 Å². The molecule has 1 aromatic heterocycles. The van der Waals surface area contributed by atoms with Gasteiger partial charge in [-0.15, -0.1) is 0 Å². The van der Waals surface area contributed by atoms with Gasteiger partial charge in [-0.05, 0) is 68.0 Å². The summed E-state index contributed by atoms with van der Waals surface area (Å²) in [4.78, 5) is 10.9. The second kappa shape index (κ2) is 9.90. The van der Waals surface area contributed by atoms with Gasteiger partial charge in [0.15, 0.2) is 0 Å². The monoisotopic (exact) mass is 494 g/mol. The molecule has 3 aliphatic rings. The number of alkyl halides is 2. The maximum atomic E-state index is 14.3. The molecule has 1 aliphatic heterocycles. The van der Waals surface area contributed by atoms with Crippen LogP contribution in [0.4, 0.5) is 19.1 Å². The van der Waals surface area contributed by atoms with Gasteiger partial charge >= 0.3 is 0 Å². The number of nitrogens with zero attached hydrogens (tertiary/aromatic N) is 3. The van der Waals surface area contributed by atoms with Gasteiger partial charge in [-0.2, -0.15) is 0 Å². The summed E-state index contributed by atoms with van der Waals surface area (Å²) in [5.41, 5.74) is 0.515. The van der Waals surface area contributed by atoms with Crippen molar-refractivity contribution in [2.24, 2.45) is 17.8 Å². The second-order valence-corrected chi connectivity index (χ2v) is 10.2. The van der Waals surface area contributed by atoms with E-state index in [0.29, 0.717) is 41.8 Å². The molecule has 34 heavy (non-hydrogen) atoms. The van der Waals surface area contributed by atoms with Crippen molar-refractivity contribution >= 4 is 17.5 Å². The highest BCUT2D eigenvalue weighted by Crippen LogP contribution is 2.50. The Labute approximate surface area is 203 Å². The molecule has 2 aromatic rings. The first-order valence-electron chi connectivity index (χ1n) is 12.1. The highest BCUT2D eigenvalue weighted by atomic mass is 35.5. The minimum absolute atomic E-state index is 0.123. The molecule has 0 spiro atoms. The summed E-state index contributed by atoms with van der Waals surface area (Å²) in [7, 11) is 0. The number of halogens is 4. The number of anilines is 1. The zero-order valence-corrected chi connectivity index (χ0v) is 19.8. The zero-order chi connectivity index (χ0) is 23.7. The maximum absolute atomic E-state index is 14.3. The van der Waals surface area contributed by atoms with E-state index in [9.17, 15) is 13.2 Å². The molecular formula is C25H30ClF3N4O. The van der Waals surface area contributed by atoms with Crippen molar-refractivity contribution in [1.29, 1.82) is 0 Å². The van der Waals surface area contributed by atoms with Crippen LogP contribution >= 0.6 is 11.6 Å². The van der Waals surface area contributed by atoms with E-state index in [1.807, 2.05) is 0 Å². The number of aromatic nitrogens is 2. The first kappa shape index (κ1) is 23.7. The van der Waals surface area contributed by atoms with Gasteiger partial charge in [-0.3, -0.25) is 0 Å². The molecule has 1 saturated heterocycles. The summed E-state index contributed by atoms with van der Waals surface area (Å²) in [5.74, 6) is 0.498. The van der Waals surface area contributed by atoms with Gasteiger partial charge in [0.2, 0.25) is 5.95 Å². The normalized spacial score (nSPS) is 25.9. The van der Waals surface area contributed by atoms with Crippen LogP contribution in [0.5, 0.6) is 5.75 Å². The first-order chi connectivity index (χ1) is 16.4. The van der Waals surface area contributed by atoms with Gasteiger partial charge in [-0.1, -0.05) is 17.7 Å². The van der Waals surface area contributed by atoms with E-state index in [1.165, 1.54) is 12.5 Å². The second-order valence-electron chi connectivity index (χ2n) is 9.80. The largest absolute Gasteiger partial charge is 0.493 e. The van der Waals surface area contributed by atoms with Crippen LogP contribution in [0.2, 0.25) is 5.02 Å². The lowest BCUT2D eigenvalue weighted by Crippen LogP contribution is -2.35. The third-order valence-electron chi connectivity index (χ3n) is 7.40. The Morgan fingerprint density at radius 1 is 1.18 bits per heavy atom. The fourth-order valence-electron chi connectivity index (χ4n) is 5.14. The molecule has 184 valence electrons. The van der Waals surface area contributed by atoms with E-state index >= 15 is 0 Å². The van der Waals surface area contributed by atoms with Gasteiger partial charge in [0.25, 0.3) is 5.92 Å². The molecule has 5 nitrogen and oxygen atoms in total. The van der Waals surface area contributed by atoms with Crippen LogP contribution in [0.15, 0.2) is 30.6 Å². The molecule has 9 heteroatoms. The number of hydrogen-bond donors (Lipinski definition) is 1. The average molecular weight is 495 g/mol. The topological polar surface area (TPSA) is 50.3 Å². The van der Waals surface area contributed by atoms with E-state index in [2.05, 4.69) is 20.2 Å². The molecule has 1 N–H and O–H groups in total. The Kier molecular flexibility index (Phi) is 6.89. The minimum atomic E-state index is -2.60. The maximum Gasteiger partial charge on any atom is 0.265 e. The van der Waals surface area contributed by atoms with E-state index in [1.54, 1.807) is 24.5 Å². The average Bonchev–Trinajstić information content (AvgIpc) is 3.72. The van der Waals surface area contributed by atoms with E-state index < -0.39 is 12.0 Å². The van der Waals surface area contributed by atoms with Crippen LogP contribution in [0.25, 0.3) is 0 Å². The van der Waals surface area contributed by atoms with Crippen molar-refractivity contribution < 1.29 is 17.9 Å². The van der Waals surface area contributed by atoms with Crippen LogP contribution in [-0.2, 0) is 6.42 Å². The number of nitrogens with one attached hydrogen (secondary N) is 1. The van der Waals surface area contributed by atoms with E-state index in [4.69, 9.17) is 16.3 Å². The lowest BCUT2D eigenvalue weighted by Gasteiger charge is -2.32. The lowest BCUT2D eigenvalue weighted by atomic mass is 9.90. The zero-order valence-electron chi connectivity index (χ0n) is 19.0. The Bertz CT molecular complexity index is 985. The summed E-state index contributed by atoms with van der Waals surface area (Å²) in [5, 5.41) is 3.33. The van der Waals surface area contributed by atoms with Gasteiger partial charge < -0.3 is 15.0 Å². The molecule has 2 aliphatic carbocycles. The molecule has 3 atom stereocenters. The standard InChI is InChI=1S/C25H30ClF3N4O/c26-19-14-31-24(32-15-19)33-8-4-16(5-9-33)21-11-18(21)6-10-34-20-2-1-17(22(27)12-20)3-7-30-23-13-25(23,28)29/h1-2,12,14-16,18,21,23,30H,3-11,13H2. The smallest absolute Gasteiger partial charge is 0.265 e. The summed E-state index contributed by atoms with van der Waals surface area (Å²) < 4.78 is 45.9. The molecule has 3 fully saturated rings. The molecule has 3 unspecified atom stereocenters. The van der Waals surface area contributed by atoms with Crippen LogP contribution in [-0.4, -0.2) is 48.2 Å². The predicted octanol–water partition coefficient (Wildman–Crippen LogP) is 5.13. The van der Waals surface area contributed by atoms with Crippen molar-refractivity contribution in [3.05, 3.63) is 47.0 Å². The molecule has 2 heterocycles. The third kappa shape index (κ3) is 5.77. The summed E-state index contributed by atoms with van der Waals surface area (Å²) in [6, 6.07) is 4.10. The third-order valence-corrected chi connectivity index (χ3v) is 7.60. The van der Waals surface area contributed by atoms with Crippen LogP contribution in [0.3, 0.4) is 0 Å². The lowest BCUT2D eigenvalue weighted by molar-refractivity contribution is 0.106. The summed E-state index contributed by atoms with van der Waals surface area (Å²) in [6.07, 6.45) is 8.05. The van der Waals surface area contributed by atoms with E-state index in [-0.39, 0.29) is 12.2 Å². The summed E-state index contributed by atoms with van der Waals surface area (Å²) >= 11 is 5.88. The Morgan fingerprint density at radius 2 is 1.91 bits per heavy atom. The molecule has 2 saturated carbocycles. The van der Waals surface area contributed by atoms with Crippen molar-refractivity contribution in [3.63, 3.8) is 0 Å². The Balaban J connectivity index is 0.991. The highest BCUT2D eigenvalue weighted by Gasteiger charge is 2.56. The fourth-order valence-corrected chi connectivity index (χ4v) is 5.24. The molecular weight excluding hydrogens is 465 g/mol. The quantitative estimate of drug-likeness (QED) is 0.496. The Hall–Kier alpha value is -2.06. The van der Waals surface area contributed by atoms with Gasteiger partial charge in [0.05, 0.1) is 30.1 Å². The SMILES string of the molecule is Fc1cc(OCCC2CC2C2CCN(c3ncc(Cl)cn3)CC2)ccc1CCNC1CC1(F)F. The van der Waals surface area contributed by atoms with Crippen LogP contribution < -0.4 is 15.0 Å².